The second-order valence-corrected chi connectivity index (χ2v) is 5.89. The van der Waals surface area contributed by atoms with Crippen molar-refractivity contribution < 1.29 is 14.6 Å². The molecule has 0 spiro atoms. The van der Waals surface area contributed by atoms with Crippen LogP contribution in [0, 0.1) is 0 Å². The van der Waals surface area contributed by atoms with Gasteiger partial charge in [0.15, 0.2) is 5.96 Å². The molecule has 0 aliphatic heterocycles. The van der Waals surface area contributed by atoms with E-state index < -0.39 is 6.10 Å². The molecule has 8 heteroatoms. The molecule has 1 atom stereocenters. The summed E-state index contributed by atoms with van der Waals surface area (Å²) < 4.78 is 12.5. The van der Waals surface area contributed by atoms with Crippen LogP contribution in [0.5, 0.6) is 11.5 Å². The van der Waals surface area contributed by atoms with Crippen LogP contribution in [0.4, 0.5) is 0 Å². The van der Waals surface area contributed by atoms with Crippen molar-refractivity contribution in [3.63, 3.8) is 0 Å². The van der Waals surface area contributed by atoms with Crippen LogP contribution in [0.15, 0.2) is 41.7 Å². The summed E-state index contributed by atoms with van der Waals surface area (Å²) in [6, 6.07) is 7.25. The molecule has 2 rings (SSSR count). The molecule has 1 aromatic heterocycles. The first-order chi connectivity index (χ1) is 13.2. The maximum atomic E-state index is 10.6. The van der Waals surface area contributed by atoms with Crippen LogP contribution >= 0.6 is 0 Å². The van der Waals surface area contributed by atoms with Crippen molar-refractivity contribution >= 4 is 5.96 Å². The van der Waals surface area contributed by atoms with E-state index in [1.54, 1.807) is 38.6 Å². The van der Waals surface area contributed by atoms with Crippen LogP contribution in [0.25, 0.3) is 0 Å². The Labute approximate surface area is 160 Å². The first kappa shape index (κ1) is 20.6. The van der Waals surface area contributed by atoms with Gasteiger partial charge in [0.2, 0.25) is 0 Å². The van der Waals surface area contributed by atoms with E-state index in [0.29, 0.717) is 23.0 Å². The fourth-order valence-electron chi connectivity index (χ4n) is 2.60. The van der Waals surface area contributed by atoms with Crippen LogP contribution < -0.4 is 20.1 Å². The van der Waals surface area contributed by atoms with Crippen LogP contribution in [0.3, 0.4) is 0 Å². The van der Waals surface area contributed by atoms with Gasteiger partial charge in [0.05, 0.1) is 20.8 Å². The number of ether oxygens (including phenoxy) is 2. The number of guanidine groups is 1. The second-order valence-electron chi connectivity index (χ2n) is 5.89. The molecule has 1 unspecified atom stereocenters. The summed E-state index contributed by atoms with van der Waals surface area (Å²) in [5.41, 5.74) is 0.648. The number of hydrogen-bond donors (Lipinski definition) is 3. The molecular formula is C19H29N5O3. The van der Waals surface area contributed by atoms with Gasteiger partial charge in [-0.1, -0.05) is 0 Å². The van der Waals surface area contributed by atoms with Gasteiger partial charge in [0.25, 0.3) is 0 Å². The minimum absolute atomic E-state index is 0.206. The van der Waals surface area contributed by atoms with Crippen molar-refractivity contribution in [2.75, 3.05) is 33.9 Å². The van der Waals surface area contributed by atoms with Crippen molar-refractivity contribution in [2.24, 2.45) is 4.99 Å². The third kappa shape index (κ3) is 6.49. The van der Waals surface area contributed by atoms with E-state index in [9.17, 15) is 5.11 Å². The number of benzene rings is 1. The average molecular weight is 375 g/mol. The lowest BCUT2D eigenvalue weighted by Gasteiger charge is -2.16. The number of methoxy groups -OCH3 is 2. The van der Waals surface area contributed by atoms with Crippen LogP contribution in [0.1, 0.15) is 25.0 Å². The highest BCUT2D eigenvalue weighted by atomic mass is 16.5. The number of nitrogens with zero attached hydrogens (tertiary/aromatic N) is 3. The molecule has 0 saturated carbocycles. The first-order valence-corrected chi connectivity index (χ1v) is 9.07. The van der Waals surface area contributed by atoms with Gasteiger partial charge in [0, 0.05) is 37.6 Å². The van der Waals surface area contributed by atoms with E-state index in [4.69, 9.17) is 9.47 Å². The Bertz CT molecular complexity index is 703. The standard InChI is InChI=1S/C19H29N5O3/c1-4-20-19(21-9-5-11-24-12-6-10-23-24)22-14-17(25)16-13-15(26-2)7-8-18(16)27-3/h6-8,10,12-13,17,25H,4-5,9,11,14H2,1-3H3,(H2,20,21,22). The molecule has 0 radical (unpaired) electrons. The average Bonchev–Trinajstić information content (AvgIpc) is 3.22. The Balaban J connectivity index is 1.92. The Kier molecular flexibility index (Phi) is 8.44. The van der Waals surface area contributed by atoms with Gasteiger partial charge in [-0.25, -0.2) is 0 Å². The lowest BCUT2D eigenvalue weighted by atomic mass is 10.1. The lowest BCUT2D eigenvalue weighted by Crippen LogP contribution is -2.38. The van der Waals surface area contributed by atoms with Gasteiger partial charge in [-0.2, -0.15) is 5.10 Å². The van der Waals surface area contributed by atoms with Crippen molar-refractivity contribution in [3.8, 4) is 11.5 Å². The summed E-state index contributed by atoms with van der Waals surface area (Å²) in [6.07, 6.45) is 3.83. The molecule has 8 nitrogen and oxygen atoms in total. The monoisotopic (exact) mass is 375 g/mol. The molecule has 1 aromatic carbocycles. The topological polar surface area (TPSA) is 92.9 Å². The zero-order valence-corrected chi connectivity index (χ0v) is 16.2. The molecule has 0 bridgehead atoms. The van der Waals surface area contributed by atoms with E-state index >= 15 is 0 Å². The third-order valence-corrected chi connectivity index (χ3v) is 3.98. The van der Waals surface area contributed by atoms with Gasteiger partial charge in [-0.15, -0.1) is 0 Å². The van der Waals surface area contributed by atoms with Crippen LogP contribution in [0.2, 0.25) is 0 Å². The largest absolute Gasteiger partial charge is 0.497 e. The van der Waals surface area contributed by atoms with Gasteiger partial charge in [0.1, 0.15) is 17.6 Å². The molecule has 1 heterocycles. The number of aryl methyl sites for hydroxylation is 1. The number of aromatic nitrogens is 2. The Morgan fingerprint density at radius 1 is 1.30 bits per heavy atom. The van der Waals surface area contributed by atoms with E-state index in [-0.39, 0.29) is 6.54 Å². The smallest absolute Gasteiger partial charge is 0.191 e. The maximum absolute atomic E-state index is 10.6. The molecule has 0 fully saturated rings. The number of nitrogens with one attached hydrogen (secondary N) is 2. The molecule has 148 valence electrons. The summed E-state index contributed by atoms with van der Waals surface area (Å²) in [6.45, 7) is 4.54. The minimum Gasteiger partial charge on any atom is -0.497 e. The summed E-state index contributed by atoms with van der Waals surface area (Å²) in [4.78, 5) is 4.48. The molecular weight excluding hydrogens is 346 g/mol. The predicted molar refractivity (Wildman–Crippen MR) is 105 cm³/mol. The first-order valence-electron chi connectivity index (χ1n) is 9.07. The second kappa shape index (κ2) is 11.1. The molecule has 0 aliphatic carbocycles. The highest BCUT2D eigenvalue weighted by Crippen LogP contribution is 2.29. The number of rotatable bonds is 10. The van der Waals surface area contributed by atoms with E-state index in [1.807, 2.05) is 23.9 Å². The summed E-state index contributed by atoms with van der Waals surface area (Å²) in [5.74, 6) is 1.94. The quantitative estimate of drug-likeness (QED) is 0.332. The fourth-order valence-corrected chi connectivity index (χ4v) is 2.60. The molecule has 0 saturated heterocycles. The maximum Gasteiger partial charge on any atom is 0.191 e. The molecule has 0 aliphatic rings. The highest BCUT2D eigenvalue weighted by molar-refractivity contribution is 5.79. The zero-order chi connectivity index (χ0) is 19.5. The molecule has 2 aromatic rings. The SMILES string of the molecule is CCNC(=NCC(O)c1cc(OC)ccc1OC)NCCCn1cccn1. The van der Waals surface area contributed by atoms with E-state index in [0.717, 1.165) is 26.1 Å². The molecule has 27 heavy (non-hydrogen) atoms. The normalized spacial score (nSPS) is 12.5. The molecule has 3 N–H and O–H groups in total. The Hall–Kier alpha value is -2.74. The van der Waals surface area contributed by atoms with Gasteiger partial charge in [-0.3, -0.25) is 9.67 Å². The van der Waals surface area contributed by atoms with Crippen LogP contribution in [-0.2, 0) is 6.54 Å². The van der Waals surface area contributed by atoms with E-state index in [2.05, 4.69) is 20.7 Å². The summed E-state index contributed by atoms with van der Waals surface area (Å²) >= 11 is 0. The number of aliphatic hydroxyl groups excluding tert-OH is 1. The van der Waals surface area contributed by atoms with Crippen molar-refractivity contribution in [3.05, 3.63) is 42.2 Å². The zero-order valence-electron chi connectivity index (χ0n) is 16.2. The Morgan fingerprint density at radius 3 is 2.81 bits per heavy atom. The summed E-state index contributed by atoms with van der Waals surface area (Å²) in [5, 5.41) is 21.2. The number of aliphatic hydroxyl groups is 1. The fraction of sp³-hybridized carbons (Fsp3) is 0.474. The lowest BCUT2D eigenvalue weighted by molar-refractivity contribution is 0.182. The van der Waals surface area contributed by atoms with Crippen molar-refractivity contribution in [1.29, 1.82) is 0 Å². The number of aliphatic imine (C=N–C) groups is 1. The third-order valence-electron chi connectivity index (χ3n) is 3.98. The van der Waals surface area contributed by atoms with Crippen molar-refractivity contribution in [2.45, 2.75) is 26.0 Å². The highest BCUT2D eigenvalue weighted by Gasteiger charge is 2.14. The van der Waals surface area contributed by atoms with E-state index in [1.165, 1.54) is 0 Å². The number of hydrogen-bond acceptors (Lipinski definition) is 5. The predicted octanol–water partition coefficient (Wildman–Crippen LogP) is 1.58. The van der Waals surface area contributed by atoms with Gasteiger partial charge in [-0.05, 0) is 37.6 Å². The van der Waals surface area contributed by atoms with Crippen LogP contribution in [-0.4, -0.2) is 54.7 Å². The Morgan fingerprint density at radius 2 is 2.15 bits per heavy atom. The summed E-state index contributed by atoms with van der Waals surface area (Å²) in [7, 11) is 3.17. The van der Waals surface area contributed by atoms with Gasteiger partial charge >= 0.3 is 0 Å². The minimum atomic E-state index is -0.797. The van der Waals surface area contributed by atoms with Gasteiger partial charge < -0.3 is 25.2 Å². The van der Waals surface area contributed by atoms with Crippen molar-refractivity contribution in [1.82, 2.24) is 20.4 Å². The molecule has 0 amide bonds.